The summed E-state index contributed by atoms with van der Waals surface area (Å²) in [6, 6.07) is 10.4. The van der Waals surface area contributed by atoms with E-state index in [1.54, 1.807) is 0 Å². The molecule has 0 radical (unpaired) electrons. The number of rotatable bonds is 4. The third-order valence-electron chi connectivity index (χ3n) is 4.36. The van der Waals surface area contributed by atoms with Crippen LogP contribution in [0, 0.1) is 5.41 Å². The molecule has 1 saturated heterocycles. The van der Waals surface area contributed by atoms with E-state index in [2.05, 4.69) is 38.6 Å². The summed E-state index contributed by atoms with van der Waals surface area (Å²) in [5.74, 6) is 0.00796. The first-order valence-corrected chi connectivity index (χ1v) is 7.62. The summed E-state index contributed by atoms with van der Waals surface area (Å²) >= 11 is 0. The van der Waals surface area contributed by atoms with Crippen molar-refractivity contribution in [3.8, 4) is 0 Å². The van der Waals surface area contributed by atoms with Crippen molar-refractivity contribution < 1.29 is 9.32 Å². The lowest BCUT2D eigenvalue weighted by Gasteiger charge is -2.46. The van der Waals surface area contributed by atoms with Gasteiger partial charge in [-0.2, -0.15) is 0 Å². The van der Waals surface area contributed by atoms with E-state index in [9.17, 15) is 4.79 Å². The molecule has 1 amide bonds. The zero-order chi connectivity index (χ0) is 15.9. The predicted octanol–water partition coefficient (Wildman–Crippen LogP) is 2.62. The number of fused-ring (bicyclic) bond motifs is 1. The maximum absolute atomic E-state index is 12.3. The number of anilines is 1. The van der Waals surface area contributed by atoms with E-state index < -0.39 is 0 Å². The molecule has 2 N–H and O–H groups in total. The van der Waals surface area contributed by atoms with Gasteiger partial charge in [0.1, 0.15) is 12.0 Å². The number of benzene rings is 1. The quantitative estimate of drug-likeness (QED) is 0.777. The van der Waals surface area contributed by atoms with Gasteiger partial charge in [-0.25, -0.2) is 0 Å². The van der Waals surface area contributed by atoms with Crippen molar-refractivity contribution in [2.24, 2.45) is 5.41 Å². The molecule has 0 saturated carbocycles. The van der Waals surface area contributed by atoms with Gasteiger partial charge in [-0.15, -0.1) is 0 Å². The first-order chi connectivity index (χ1) is 11.1. The lowest BCUT2D eigenvalue weighted by molar-refractivity contribution is -0.134. The van der Waals surface area contributed by atoms with Crippen LogP contribution in [0.25, 0.3) is 10.9 Å². The second kappa shape index (κ2) is 5.24. The summed E-state index contributed by atoms with van der Waals surface area (Å²) in [4.78, 5) is 18.0. The van der Waals surface area contributed by atoms with Crippen molar-refractivity contribution >= 4 is 22.5 Å². The van der Waals surface area contributed by atoms with Gasteiger partial charge in [-0.3, -0.25) is 9.69 Å². The van der Waals surface area contributed by atoms with Crippen molar-refractivity contribution in [2.75, 3.05) is 18.4 Å². The van der Waals surface area contributed by atoms with Gasteiger partial charge in [0.05, 0.1) is 11.6 Å². The van der Waals surface area contributed by atoms with Crippen LogP contribution in [0.5, 0.6) is 0 Å². The van der Waals surface area contributed by atoms with Gasteiger partial charge in [0.2, 0.25) is 5.91 Å². The number of carbonyl (C=O) groups excluding carboxylic acids is 1. The predicted molar refractivity (Wildman–Crippen MR) is 86.8 cm³/mol. The van der Waals surface area contributed by atoms with Crippen LogP contribution < -0.4 is 5.32 Å². The normalized spacial score (nSPS) is 17.1. The maximum atomic E-state index is 12.3. The summed E-state index contributed by atoms with van der Waals surface area (Å²) in [5.41, 5.74) is 2.55. The van der Waals surface area contributed by atoms with Crippen LogP contribution in [0.3, 0.4) is 0 Å². The van der Waals surface area contributed by atoms with E-state index in [1.165, 1.54) is 23.5 Å². The topological polar surface area (TPSA) is 74.2 Å². The fourth-order valence-electron chi connectivity index (χ4n) is 3.20. The second-order valence-electron chi connectivity index (χ2n) is 6.45. The molecular formula is C17H18N4O2. The Bertz CT molecular complexity index is 798. The molecule has 1 aliphatic rings. The number of carbonyl (C=O) groups is 1. The van der Waals surface area contributed by atoms with E-state index in [-0.39, 0.29) is 11.3 Å². The van der Waals surface area contributed by atoms with Gasteiger partial charge in [0.15, 0.2) is 0 Å². The average molecular weight is 310 g/mol. The maximum Gasteiger partial charge on any atom is 0.233 e. The number of hydrogen-bond donors (Lipinski definition) is 2. The van der Waals surface area contributed by atoms with E-state index in [1.807, 2.05) is 19.1 Å². The van der Waals surface area contributed by atoms with E-state index in [4.69, 9.17) is 4.52 Å². The molecule has 2 aromatic heterocycles. The van der Waals surface area contributed by atoms with Crippen LogP contribution in [0.4, 0.5) is 5.69 Å². The molecule has 3 heterocycles. The molecule has 0 unspecified atom stereocenters. The fourth-order valence-corrected chi connectivity index (χ4v) is 3.20. The Kier molecular flexibility index (Phi) is 3.20. The van der Waals surface area contributed by atoms with Gasteiger partial charge in [-0.05, 0) is 24.4 Å². The fraction of sp³-hybridized carbons (Fsp3) is 0.294. The Hall–Kier alpha value is -2.60. The zero-order valence-electron chi connectivity index (χ0n) is 12.9. The van der Waals surface area contributed by atoms with Crippen LogP contribution >= 0.6 is 0 Å². The Balaban J connectivity index is 1.37. The van der Waals surface area contributed by atoms with Crippen LogP contribution in [-0.4, -0.2) is 34.0 Å². The molecule has 1 aliphatic heterocycles. The molecule has 1 aromatic carbocycles. The molecule has 0 spiro atoms. The van der Waals surface area contributed by atoms with Gasteiger partial charge >= 0.3 is 0 Å². The number of nitrogens with one attached hydrogen (secondary N) is 2. The highest BCUT2D eigenvalue weighted by atomic mass is 16.5. The monoisotopic (exact) mass is 310 g/mol. The van der Waals surface area contributed by atoms with Crippen LogP contribution in [-0.2, 0) is 11.3 Å². The van der Waals surface area contributed by atoms with Gasteiger partial charge < -0.3 is 14.8 Å². The molecular weight excluding hydrogens is 292 g/mol. The Morgan fingerprint density at radius 2 is 2.26 bits per heavy atom. The summed E-state index contributed by atoms with van der Waals surface area (Å²) < 4.78 is 4.73. The average Bonchev–Trinajstić information content (AvgIpc) is 3.13. The summed E-state index contributed by atoms with van der Waals surface area (Å²) in [5, 5.41) is 7.65. The second-order valence-corrected chi connectivity index (χ2v) is 6.45. The summed E-state index contributed by atoms with van der Waals surface area (Å²) in [7, 11) is 0. The van der Waals surface area contributed by atoms with Crippen molar-refractivity contribution in [3.05, 3.63) is 48.5 Å². The highest BCUT2D eigenvalue weighted by Gasteiger charge is 2.45. The first-order valence-electron chi connectivity index (χ1n) is 7.62. The summed E-state index contributed by atoms with van der Waals surface area (Å²) in [6.07, 6.45) is 2.93. The molecule has 118 valence electrons. The van der Waals surface area contributed by atoms with Crippen LogP contribution in [0.15, 0.2) is 47.3 Å². The van der Waals surface area contributed by atoms with Crippen molar-refractivity contribution in [1.29, 1.82) is 0 Å². The van der Waals surface area contributed by atoms with E-state index in [0.717, 1.165) is 25.2 Å². The van der Waals surface area contributed by atoms with Crippen LogP contribution in [0.1, 0.15) is 12.6 Å². The minimum absolute atomic E-state index is 0.00796. The SMILES string of the molecule is CC1(C(=O)Nc2cnoc2)CN(Cc2cc3ccccc3[nH]2)C1. The smallest absolute Gasteiger partial charge is 0.233 e. The summed E-state index contributed by atoms with van der Waals surface area (Å²) in [6.45, 7) is 4.28. The largest absolute Gasteiger partial charge is 0.363 e. The number of para-hydroxylation sites is 1. The number of H-pyrrole nitrogens is 1. The Morgan fingerprint density at radius 1 is 1.43 bits per heavy atom. The van der Waals surface area contributed by atoms with Crippen molar-refractivity contribution in [2.45, 2.75) is 13.5 Å². The molecule has 4 rings (SSSR count). The van der Waals surface area contributed by atoms with Crippen molar-refractivity contribution in [1.82, 2.24) is 15.0 Å². The van der Waals surface area contributed by atoms with Crippen LogP contribution in [0.2, 0.25) is 0 Å². The van der Waals surface area contributed by atoms with E-state index in [0.29, 0.717) is 5.69 Å². The highest BCUT2D eigenvalue weighted by Crippen LogP contribution is 2.32. The van der Waals surface area contributed by atoms with Gasteiger partial charge in [0, 0.05) is 30.8 Å². The number of aromatic amines is 1. The number of hydrogen-bond acceptors (Lipinski definition) is 4. The van der Waals surface area contributed by atoms with Crippen molar-refractivity contribution in [3.63, 3.8) is 0 Å². The number of likely N-dealkylation sites (tertiary alicyclic amines) is 1. The lowest BCUT2D eigenvalue weighted by Crippen LogP contribution is -2.59. The number of nitrogens with zero attached hydrogens (tertiary/aromatic N) is 2. The third kappa shape index (κ3) is 2.61. The molecule has 1 fully saturated rings. The minimum atomic E-state index is -0.372. The molecule has 3 aromatic rings. The zero-order valence-corrected chi connectivity index (χ0v) is 12.9. The van der Waals surface area contributed by atoms with Gasteiger partial charge in [0.25, 0.3) is 0 Å². The van der Waals surface area contributed by atoms with E-state index >= 15 is 0 Å². The Morgan fingerprint density at radius 3 is 3.00 bits per heavy atom. The molecule has 0 bridgehead atoms. The van der Waals surface area contributed by atoms with Gasteiger partial charge in [-0.1, -0.05) is 23.4 Å². The standard InChI is InChI=1S/C17H18N4O2/c1-17(16(22)20-14-7-18-23-9-14)10-21(11-17)8-13-6-12-4-2-3-5-15(12)19-13/h2-7,9,19H,8,10-11H2,1H3,(H,20,22). The lowest BCUT2D eigenvalue weighted by atomic mass is 9.81. The highest BCUT2D eigenvalue weighted by molar-refractivity contribution is 5.95. The number of amides is 1. The number of aromatic nitrogens is 2. The third-order valence-corrected chi connectivity index (χ3v) is 4.36. The molecule has 0 aliphatic carbocycles. The first kappa shape index (κ1) is 14.0. The molecule has 6 heteroatoms. The molecule has 0 atom stereocenters. The Labute approximate surface area is 133 Å². The molecule has 23 heavy (non-hydrogen) atoms. The molecule has 6 nitrogen and oxygen atoms in total. The minimum Gasteiger partial charge on any atom is -0.363 e.